The lowest BCUT2D eigenvalue weighted by molar-refractivity contribution is -0.139. The second-order valence-corrected chi connectivity index (χ2v) is 4.58. The van der Waals surface area contributed by atoms with Crippen molar-refractivity contribution in [2.24, 2.45) is 17.3 Å². The lowest BCUT2D eigenvalue weighted by Crippen LogP contribution is -3.00. The number of aliphatic carboxylic acids is 1. The highest BCUT2D eigenvalue weighted by atomic mass is 35.5. The largest absolute Gasteiger partial charge is 1.00 e. The fraction of sp³-hybridized carbons (Fsp3) is 0.667. The van der Waals surface area contributed by atoms with Crippen molar-refractivity contribution in [3.05, 3.63) is 11.1 Å². The van der Waals surface area contributed by atoms with Crippen molar-refractivity contribution in [2.75, 3.05) is 0 Å². The van der Waals surface area contributed by atoms with Gasteiger partial charge in [-0.15, -0.1) is 0 Å². The van der Waals surface area contributed by atoms with Crippen molar-refractivity contribution in [3.63, 3.8) is 0 Å². The van der Waals surface area contributed by atoms with Crippen LogP contribution in [0.15, 0.2) is 11.1 Å². The fourth-order valence-electron chi connectivity index (χ4n) is 1.71. The summed E-state index contributed by atoms with van der Waals surface area (Å²) in [7, 11) is 0. The van der Waals surface area contributed by atoms with E-state index in [0.717, 1.165) is 6.08 Å². The van der Waals surface area contributed by atoms with Gasteiger partial charge in [-0.3, -0.25) is 4.79 Å². The first kappa shape index (κ1) is 15.6. The summed E-state index contributed by atoms with van der Waals surface area (Å²) in [5.74, 6) is -2.52. The smallest absolute Gasteiger partial charge is 0.426 e. The SMILES string of the molecule is CC1(C)[C@H](/C=C(\Cl)C(F)(F)F)[C@@H]1C(=O)O.[Cl-]. The number of alkyl halides is 3. The Morgan fingerprint density at radius 1 is 1.44 bits per heavy atom. The first-order valence-corrected chi connectivity index (χ1v) is 4.63. The molecule has 0 amide bonds. The Morgan fingerprint density at radius 3 is 2.12 bits per heavy atom. The van der Waals surface area contributed by atoms with Crippen molar-refractivity contribution < 1.29 is 35.5 Å². The minimum Gasteiger partial charge on any atom is -1.00 e. The van der Waals surface area contributed by atoms with E-state index < -0.39 is 34.4 Å². The summed E-state index contributed by atoms with van der Waals surface area (Å²) in [5, 5.41) is 7.48. The van der Waals surface area contributed by atoms with E-state index in [9.17, 15) is 18.0 Å². The van der Waals surface area contributed by atoms with Crippen molar-refractivity contribution in [3.8, 4) is 0 Å². The molecule has 2 nitrogen and oxygen atoms in total. The Balaban J connectivity index is 0.00000225. The lowest BCUT2D eigenvalue weighted by atomic mass is 10.1. The second kappa shape index (κ2) is 4.45. The van der Waals surface area contributed by atoms with E-state index in [1.165, 1.54) is 0 Å². The molecule has 1 aliphatic rings. The van der Waals surface area contributed by atoms with Crippen LogP contribution in [0.3, 0.4) is 0 Å². The first-order chi connectivity index (χ1) is 6.58. The number of hydrogen-bond acceptors (Lipinski definition) is 1. The van der Waals surface area contributed by atoms with Crippen LogP contribution in [0.25, 0.3) is 0 Å². The number of carboxylic acid groups (broad SMARTS) is 1. The Kier molecular flexibility index (Phi) is 4.33. The molecule has 2 atom stereocenters. The molecule has 16 heavy (non-hydrogen) atoms. The lowest BCUT2D eigenvalue weighted by Gasteiger charge is -2.04. The van der Waals surface area contributed by atoms with E-state index in [2.05, 4.69) is 0 Å². The molecule has 94 valence electrons. The number of carbonyl (C=O) groups is 1. The molecule has 0 bridgehead atoms. The molecule has 1 aliphatic carbocycles. The van der Waals surface area contributed by atoms with Crippen LogP contribution in [-0.4, -0.2) is 17.3 Å². The number of halogens is 5. The molecule has 0 heterocycles. The molecule has 0 saturated heterocycles. The van der Waals surface area contributed by atoms with Gasteiger partial charge in [-0.25, -0.2) is 0 Å². The van der Waals surface area contributed by atoms with Crippen LogP contribution >= 0.6 is 11.6 Å². The van der Waals surface area contributed by atoms with E-state index in [1.54, 1.807) is 13.8 Å². The zero-order valence-corrected chi connectivity index (χ0v) is 9.99. The van der Waals surface area contributed by atoms with Crippen molar-refractivity contribution in [1.82, 2.24) is 0 Å². The van der Waals surface area contributed by atoms with E-state index in [4.69, 9.17) is 16.7 Å². The number of carboxylic acids is 1. The summed E-state index contributed by atoms with van der Waals surface area (Å²) in [6.07, 6.45) is -3.80. The number of hydrogen-bond donors (Lipinski definition) is 1. The molecule has 0 spiro atoms. The third kappa shape index (κ3) is 2.83. The van der Waals surface area contributed by atoms with Gasteiger partial charge in [0.2, 0.25) is 0 Å². The van der Waals surface area contributed by atoms with Crippen LogP contribution < -0.4 is 12.4 Å². The fourth-order valence-corrected chi connectivity index (χ4v) is 1.85. The summed E-state index contributed by atoms with van der Waals surface area (Å²) in [6.45, 7) is 3.21. The summed E-state index contributed by atoms with van der Waals surface area (Å²) < 4.78 is 36.2. The highest BCUT2D eigenvalue weighted by Crippen LogP contribution is 2.60. The maximum atomic E-state index is 12.1. The van der Waals surface area contributed by atoms with E-state index >= 15 is 0 Å². The van der Waals surface area contributed by atoms with E-state index in [0.29, 0.717) is 0 Å². The second-order valence-electron chi connectivity index (χ2n) is 4.18. The summed E-state index contributed by atoms with van der Waals surface area (Å²) >= 11 is 5.03. The molecule has 0 aromatic heterocycles. The monoisotopic (exact) mass is 277 g/mol. The first-order valence-electron chi connectivity index (χ1n) is 4.26. The van der Waals surface area contributed by atoms with Gasteiger partial charge < -0.3 is 17.5 Å². The molecule has 0 unspecified atom stereocenters. The average molecular weight is 278 g/mol. The topological polar surface area (TPSA) is 37.3 Å². The van der Waals surface area contributed by atoms with Crippen LogP contribution in [0.1, 0.15) is 13.8 Å². The Bertz CT molecular complexity index is 323. The molecule has 0 aromatic carbocycles. The van der Waals surface area contributed by atoms with Crippen molar-refractivity contribution in [2.45, 2.75) is 20.0 Å². The van der Waals surface area contributed by atoms with Crippen LogP contribution in [-0.2, 0) is 4.79 Å². The molecule has 1 fully saturated rings. The molecule has 1 N–H and O–H groups in total. The maximum Gasteiger partial charge on any atom is 0.426 e. The van der Waals surface area contributed by atoms with Crippen molar-refractivity contribution in [1.29, 1.82) is 0 Å². The summed E-state index contributed by atoms with van der Waals surface area (Å²) in [4.78, 5) is 10.7. The normalized spacial score (nSPS) is 28.2. The molecular formula is C9H10Cl2F3O2-. The molecule has 0 radical (unpaired) electrons. The predicted molar refractivity (Wildman–Crippen MR) is 48.4 cm³/mol. The minimum absolute atomic E-state index is 0. The molecule has 7 heteroatoms. The number of allylic oxidation sites excluding steroid dienone is 2. The average Bonchev–Trinajstić information content (AvgIpc) is 2.50. The highest BCUT2D eigenvalue weighted by Gasteiger charge is 2.61. The van der Waals surface area contributed by atoms with Gasteiger partial charge in [-0.05, 0) is 11.3 Å². The van der Waals surface area contributed by atoms with E-state index in [-0.39, 0.29) is 12.4 Å². The molecule has 1 rings (SSSR count). The minimum atomic E-state index is -4.59. The Labute approximate surface area is 102 Å². The summed E-state index contributed by atoms with van der Waals surface area (Å²) in [6, 6.07) is 0. The third-order valence-corrected chi connectivity index (χ3v) is 3.11. The van der Waals surface area contributed by atoms with Gasteiger partial charge in [-0.2, -0.15) is 13.2 Å². The molecule has 1 saturated carbocycles. The van der Waals surface area contributed by atoms with Gasteiger partial charge in [0.05, 0.1) is 5.92 Å². The quantitative estimate of drug-likeness (QED) is 0.774. The van der Waals surface area contributed by atoms with Gasteiger partial charge in [0.25, 0.3) is 0 Å². The van der Waals surface area contributed by atoms with Gasteiger partial charge in [0.15, 0.2) is 0 Å². The molecular weight excluding hydrogens is 268 g/mol. The van der Waals surface area contributed by atoms with E-state index in [1.807, 2.05) is 0 Å². The number of rotatable bonds is 2. The van der Waals surface area contributed by atoms with Gasteiger partial charge in [-0.1, -0.05) is 31.5 Å². The standard InChI is InChI=1S/C9H10ClF3O2.ClH/c1-8(2)4(6(8)7(14)15)3-5(10)9(11,12)13;/h3-4,6H,1-2H3,(H,14,15);1H/p-1/b5-3-;/t4-,6-;/m1./s1. The summed E-state index contributed by atoms with van der Waals surface area (Å²) in [5.41, 5.74) is -0.656. The zero-order valence-electron chi connectivity index (χ0n) is 8.48. The Hall–Kier alpha value is -0.420. The van der Waals surface area contributed by atoms with Crippen LogP contribution in [0.5, 0.6) is 0 Å². The predicted octanol–water partition coefficient (Wildman–Crippen LogP) is 0.0322. The Morgan fingerprint density at radius 2 is 1.88 bits per heavy atom. The van der Waals surface area contributed by atoms with Crippen LogP contribution in [0, 0.1) is 17.3 Å². The highest BCUT2D eigenvalue weighted by molar-refractivity contribution is 6.30. The van der Waals surface area contributed by atoms with Gasteiger partial charge in [0, 0.05) is 0 Å². The zero-order chi connectivity index (χ0) is 12.0. The van der Waals surface area contributed by atoms with Gasteiger partial charge >= 0.3 is 12.1 Å². The third-order valence-electron chi connectivity index (χ3n) is 2.77. The maximum absolute atomic E-state index is 12.1. The van der Waals surface area contributed by atoms with Crippen molar-refractivity contribution >= 4 is 17.6 Å². The van der Waals surface area contributed by atoms with Crippen LogP contribution in [0.2, 0.25) is 0 Å². The van der Waals surface area contributed by atoms with Crippen LogP contribution in [0.4, 0.5) is 13.2 Å². The van der Waals surface area contributed by atoms with Gasteiger partial charge in [0.1, 0.15) is 5.03 Å². The molecule has 0 aliphatic heterocycles. The molecule has 0 aromatic rings.